The third kappa shape index (κ3) is 7.49. The van der Waals surface area contributed by atoms with Crippen molar-refractivity contribution in [1.82, 2.24) is 20.2 Å². The van der Waals surface area contributed by atoms with E-state index in [-0.39, 0.29) is 37.2 Å². The predicted octanol–water partition coefficient (Wildman–Crippen LogP) is 3.28. The minimum Gasteiger partial charge on any atom is -0.455 e. The van der Waals surface area contributed by atoms with Gasteiger partial charge in [0.1, 0.15) is 17.6 Å². The number of benzene rings is 1. The maximum Gasteiger partial charge on any atom is 0.319 e. The molecule has 1 aliphatic carbocycles. The molecular weight excluding hydrogens is 586 g/mol. The molecule has 3 heterocycles. The molecule has 0 aliphatic heterocycles. The highest BCUT2D eigenvalue weighted by molar-refractivity contribution is 7.22. The molecule has 13 heteroatoms. The third-order valence-corrected chi connectivity index (χ3v) is 8.39. The number of thiophene rings is 1. The van der Waals surface area contributed by atoms with Crippen LogP contribution >= 0.6 is 11.3 Å². The number of anilines is 1. The number of nitrogens with zero attached hydrogens (tertiary/aromatic N) is 3. The van der Waals surface area contributed by atoms with Gasteiger partial charge in [-0.1, -0.05) is 0 Å². The van der Waals surface area contributed by atoms with Crippen molar-refractivity contribution in [1.29, 1.82) is 0 Å². The topological polar surface area (TPSA) is 177 Å². The van der Waals surface area contributed by atoms with Gasteiger partial charge in [0.15, 0.2) is 0 Å². The Kier molecular flexibility index (Phi) is 9.71. The predicted molar refractivity (Wildman–Crippen MR) is 166 cm³/mol. The highest BCUT2D eigenvalue weighted by atomic mass is 32.1. The van der Waals surface area contributed by atoms with E-state index in [1.165, 1.54) is 29.5 Å². The van der Waals surface area contributed by atoms with Gasteiger partial charge in [-0.3, -0.25) is 14.8 Å². The van der Waals surface area contributed by atoms with Crippen LogP contribution in [0.25, 0.3) is 20.8 Å². The summed E-state index contributed by atoms with van der Waals surface area (Å²) in [5.41, 5.74) is 3.18. The minimum atomic E-state index is -1.50. The number of pyridine rings is 2. The van der Waals surface area contributed by atoms with Gasteiger partial charge in [0.2, 0.25) is 0 Å². The lowest BCUT2D eigenvalue weighted by atomic mass is 10.0. The first-order chi connectivity index (χ1) is 21.1. The summed E-state index contributed by atoms with van der Waals surface area (Å²) in [5.74, 6) is 0.854. The second-order valence-electron chi connectivity index (χ2n) is 10.8. The first-order valence-electron chi connectivity index (χ1n) is 14.2. The number of hydrogen-bond acceptors (Lipinski definition) is 10. The van der Waals surface area contributed by atoms with Crippen molar-refractivity contribution >= 4 is 39.2 Å². The number of urea groups is 1. The Labute approximate surface area is 258 Å². The fourth-order valence-corrected chi connectivity index (χ4v) is 5.62. The molecule has 0 spiro atoms. The van der Waals surface area contributed by atoms with Crippen LogP contribution in [0.15, 0.2) is 54.9 Å². The number of carbonyl (C=O) groups excluding carboxylic acids is 2. The number of fused-ring (bicyclic) bond motifs is 1. The van der Waals surface area contributed by atoms with Crippen molar-refractivity contribution in [3.8, 4) is 22.1 Å². The van der Waals surface area contributed by atoms with E-state index in [0.717, 1.165) is 33.5 Å². The van der Waals surface area contributed by atoms with Gasteiger partial charge >= 0.3 is 6.03 Å². The molecule has 3 amide bonds. The largest absolute Gasteiger partial charge is 0.455 e. The molecule has 0 saturated heterocycles. The molecule has 0 unspecified atom stereocenters. The zero-order valence-corrected chi connectivity index (χ0v) is 25.1. The zero-order chi connectivity index (χ0) is 31.4. The molecular formula is C31H35N5O7S. The lowest BCUT2D eigenvalue weighted by Gasteiger charge is -2.26. The fourth-order valence-electron chi connectivity index (χ4n) is 4.58. The number of rotatable bonds is 12. The van der Waals surface area contributed by atoms with Crippen molar-refractivity contribution < 1.29 is 34.8 Å². The summed E-state index contributed by atoms with van der Waals surface area (Å²) >= 11 is 1.45. The maximum absolute atomic E-state index is 12.9. The molecule has 3 aromatic heterocycles. The summed E-state index contributed by atoms with van der Waals surface area (Å²) in [6.45, 7) is 1.35. The zero-order valence-electron chi connectivity index (χ0n) is 24.3. The molecule has 4 aromatic rings. The third-order valence-electron chi connectivity index (χ3n) is 7.22. The van der Waals surface area contributed by atoms with Crippen LogP contribution in [0.3, 0.4) is 0 Å². The van der Waals surface area contributed by atoms with Crippen molar-refractivity contribution in [2.45, 2.75) is 50.5 Å². The van der Waals surface area contributed by atoms with E-state index in [1.54, 1.807) is 30.5 Å². The number of nitrogens with one attached hydrogen (secondary N) is 2. The number of aryl methyl sites for hydroxylation is 1. The van der Waals surface area contributed by atoms with Gasteiger partial charge in [-0.25, -0.2) is 4.79 Å². The number of ether oxygens (including phenoxy) is 1. The average Bonchev–Trinajstić information content (AvgIpc) is 3.71. The lowest BCUT2D eigenvalue weighted by molar-refractivity contribution is -0.0709. The number of carbonyl (C=O) groups is 2. The molecule has 12 nitrogen and oxygen atoms in total. The van der Waals surface area contributed by atoms with Crippen molar-refractivity contribution in [2.24, 2.45) is 0 Å². The van der Waals surface area contributed by atoms with E-state index in [2.05, 4.69) is 20.6 Å². The van der Waals surface area contributed by atoms with Crippen LogP contribution in [-0.4, -0.2) is 91.8 Å². The van der Waals surface area contributed by atoms with E-state index in [1.807, 2.05) is 25.1 Å². The quantitative estimate of drug-likeness (QED) is 0.139. The smallest absolute Gasteiger partial charge is 0.319 e. The molecule has 1 saturated carbocycles. The Bertz CT molecular complexity index is 1630. The van der Waals surface area contributed by atoms with Crippen LogP contribution in [0.5, 0.6) is 11.5 Å². The number of aromatic nitrogens is 2. The van der Waals surface area contributed by atoms with Crippen molar-refractivity contribution in [3.63, 3.8) is 0 Å². The number of hydrogen-bond donors (Lipinski definition) is 6. The van der Waals surface area contributed by atoms with E-state index < -0.39 is 24.2 Å². The summed E-state index contributed by atoms with van der Waals surface area (Å²) in [6, 6.07) is 12.6. The van der Waals surface area contributed by atoms with Crippen LogP contribution in [-0.2, 0) is 0 Å². The van der Waals surface area contributed by atoms with E-state index in [4.69, 9.17) is 9.84 Å². The number of aliphatic hydroxyl groups excluding tert-OH is 4. The van der Waals surface area contributed by atoms with Crippen LogP contribution in [0.2, 0.25) is 0 Å². The normalized spacial score (nSPS) is 15.0. The van der Waals surface area contributed by atoms with Gasteiger partial charge in [0, 0.05) is 50.4 Å². The monoisotopic (exact) mass is 621 g/mol. The molecule has 1 fully saturated rings. The minimum absolute atomic E-state index is 0.0891. The van der Waals surface area contributed by atoms with Gasteiger partial charge in [-0.15, -0.1) is 11.3 Å². The van der Waals surface area contributed by atoms with E-state index in [9.17, 15) is 24.9 Å². The Morgan fingerprint density at radius 3 is 2.55 bits per heavy atom. The van der Waals surface area contributed by atoms with E-state index >= 15 is 0 Å². The van der Waals surface area contributed by atoms with Crippen LogP contribution in [0.4, 0.5) is 10.5 Å². The Morgan fingerprint density at radius 2 is 1.86 bits per heavy atom. The Balaban J connectivity index is 1.26. The van der Waals surface area contributed by atoms with Crippen LogP contribution < -0.4 is 15.4 Å². The molecule has 232 valence electrons. The standard InChI is InChI=1S/C31H35N5O7S/c1-17-13-20(35-31(42)34-19-4-5-19)6-8-25(17)43-26-9-11-32-22-14-27(44-29(22)26)21-7-3-18(15-33-21)30(41)36(2)16-24(39)28(40)23(38)10-12-37/h3,6-9,11,13-15,19,23-24,28,37-40H,4-5,10,12,16H2,1-2H3,(H2,34,35,42)/t23-,24+,28+/m0/s1. The molecule has 3 atom stereocenters. The first-order valence-corrected chi connectivity index (χ1v) is 15.1. The Hall–Kier alpha value is -4.14. The van der Waals surface area contributed by atoms with Crippen molar-refractivity contribution in [3.05, 3.63) is 66.0 Å². The molecule has 1 aromatic carbocycles. The summed E-state index contributed by atoms with van der Waals surface area (Å²) in [5, 5.41) is 44.7. The van der Waals surface area contributed by atoms with Gasteiger partial charge in [-0.2, -0.15) is 0 Å². The summed E-state index contributed by atoms with van der Waals surface area (Å²) < 4.78 is 7.09. The fraction of sp³-hybridized carbons (Fsp3) is 0.355. The van der Waals surface area contributed by atoms with Crippen molar-refractivity contribution in [2.75, 3.05) is 25.5 Å². The molecule has 44 heavy (non-hydrogen) atoms. The van der Waals surface area contributed by atoms with Crippen LogP contribution in [0, 0.1) is 6.92 Å². The molecule has 0 bridgehead atoms. The molecule has 6 N–H and O–H groups in total. The highest BCUT2D eigenvalue weighted by Gasteiger charge is 2.27. The van der Waals surface area contributed by atoms with Gasteiger partial charge in [0.25, 0.3) is 5.91 Å². The summed E-state index contributed by atoms with van der Waals surface area (Å²) in [7, 11) is 1.47. The number of likely N-dealkylation sites (N-methyl/N-ethyl adjacent to an activating group) is 1. The van der Waals surface area contributed by atoms with Gasteiger partial charge in [-0.05, 0) is 68.1 Å². The second kappa shape index (κ2) is 13.7. The van der Waals surface area contributed by atoms with Gasteiger partial charge in [0.05, 0.1) is 38.6 Å². The van der Waals surface area contributed by atoms with Crippen LogP contribution in [0.1, 0.15) is 35.2 Å². The second-order valence-corrected chi connectivity index (χ2v) is 11.9. The number of amides is 3. The summed E-state index contributed by atoms with van der Waals surface area (Å²) in [6.07, 6.45) is 0.851. The van der Waals surface area contributed by atoms with E-state index in [0.29, 0.717) is 22.9 Å². The number of aliphatic hydroxyl groups is 4. The van der Waals surface area contributed by atoms with Gasteiger partial charge < -0.3 is 40.7 Å². The lowest BCUT2D eigenvalue weighted by Crippen LogP contribution is -2.45. The summed E-state index contributed by atoms with van der Waals surface area (Å²) in [4.78, 5) is 36.0. The molecule has 0 radical (unpaired) electrons. The highest BCUT2D eigenvalue weighted by Crippen LogP contribution is 2.39. The maximum atomic E-state index is 12.9. The first kappa shape index (κ1) is 31.3. The molecule has 1 aliphatic rings. The Morgan fingerprint density at radius 1 is 1.07 bits per heavy atom. The molecule has 5 rings (SSSR count). The average molecular weight is 622 g/mol. The SMILES string of the molecule is Cc1cc(NC(=O)NC2CC2)ccc1Oc1ccnc2cc(-c3ccc(C(=O)N(C)C[C@@H](O)[C@H](O)[C@@H](O)CCO)cn3)sc12.